The van der Waals surface area contributed by atoms with Gasteiger partial charge >= 0.3 is 0 Å². The second-order valence-corrected chi connectivity index (χ2v) is 9.14. The van der Waals surface area contributed by atoms with E-state index in [4.69, 9.17) is 20.8 Å². The Bertz CT molecular complexity index is 1490. The standard InChI is InChI=1S/C28H21ClFNO3/c1-33-26-9-8-24(29)22(27(26)30)13-31-28(32)15-6-7-17-19(10-15)16-11-20(17)21(12-16)23-14-34-25-5-3-2-4-18(23)25/h2-10,12,14,16,20H,11,13H2,1H3,(H,31,32). The quantitative estimate of drug-likeness (QED) is 0.345. The smallest absolute Gasteiger partial charge is 0.251 e. The van der Waals surface area contributed by atoms with Crippen molar-refractivity contribution in [1.29, 1.82) is 0 Å². The lowest BCUT2D eigenvalue weighted by Gasteiger charge is -2.18. The number of fused-ring (bicyclic) bond motifs is 6. The molecule has 34 heavy (non-hydrogen) atoms. The Hall–Kier alpha value is -3.57. The molecule has 3 aromatic carbocycles. The molecule has 2 unspecified atom stereocenters. The highest BCUT2D eigenvalue weighted by atomic mass is 35.5. The number of hydrogen-bond donors (Lipinski definition) is 1. The van der Waals surface area contributed by atoms with Crippen molar-refractivity contribution in [2.75, 3.05) is 7.11 Å². The Kier molecular flexibility index (Phi) is 4.96. The summed E-state index contributed by atoms with van der Waals surface area (Å²) in [4.78, 5) is 12.9. The number of carbonyl (C=O) groups excluding carboxylic acids is 1. The first-order chi connectivity index (χ1) is 16.5. The zero-order valence-corrected chi connectivity index (χ0v) is 19.2. The van der Waals surface area contributed by atoms with Crippen LogP contribution in [0.2, 0.25) is 5.02 Å². The van der Waals surface area contributed by atoms with Crippen molar-refractivity contribution in [1.82, 2.24) is 5.32 Å². The van der Waals surface area contributed by atoms with E-state index in [-0.39, 0.29) is 34.7 Å². The van der Waals surface area contributed by atoms with Crippen molar-refractivity contribution >= 4 is 34.1 Å². The summed E-state index contributed by atoms with van der Waals surface area (Å²) < 4.78 is 25.3. The summed E-state index contributed by atoms with van der Waals surface area (Å²) in [6.07, 6.45) is 5.15. The van der Waals surface area contributed by atoms with Crippen LogP contribution in [-0.2, 0) is 6.54 Å². The second kappa shape index (κ2) is 8.03. The molecule has 2 aliphatic carbocycles. The molecule has 6 rings (SSSR count). The summed E-state index contributed by atoms with van der Waals surface area (Å²) in [5.74, 6) is -0.181. The SMILES string of the molecule is COc1ccc(Cl)c(CNC(=O)c2ccc3c(c2)C2C=C(c4coc5ccccc45)C3C2)c1F. The minimum atomic E-state index is -0.564. The first-order valence-electron chi connectivity index (χ1n) is 11.2. The number of nitrogens with one attached hydrogen (secondary N) is 1. The van der Waals surface area contributed by atoms with E-state index in [9.17, 15) is 9.18 Å². The molecule has 4 aromatic rings. The molecular weight excluding hydrogens is 453 g/mol. The average Bonchev–Trinajstić information content (AvgIpc) is 3.57. The molecule has 0 saturated heterocycles. The highest BCUT2D eigenvalue weighted by Gasteiger charge is 2.39. The lowest BCUT2D eigenvalue weighted by Crippen LogP contribution is -2.24. The topological polar surface area (TPSA) is 51.5 Å². The van der Waals surface area contributed by atoms with E-state index in [0.29, 0.717) is 11.5 Å². The van der Waals surface area contributed by atoms with Gasteiger partial charge in [0, 0.05) is 45.5 Å². The molecule has 0 fully saturated rings. The summed E-state index contributed by atoms with van der Waals surface area (Å²) in [6, 6.07) is 16.9. The number of allylic oxidation sites excluding steroid dienone is 2. The fourth-order valence-corrected chi connectivity index (χ4v) is 5.51. The van der Waals surface area contributed by atoms with Gasteiger partial charge in [0.05, 0.1) is 13.4 Å². The fraction of sp³-hybridized carbons (Fsp3) is 0.179. The van der Waals surface area contributed by atoms with Crippen LogP contribution in [0.5, 0.6) is 5.75 Å². The van der Waals surface area contributed by atoms with E-state index in [1.54, 1.807) is 6.07 Å². The third-order valence-corrected chi connectivity index (χ3v) is 7.31. The summed E-state index contributed by atoms with van der Waals surface area (Å²) in [7, 11) is 1.39. The fourth-order valence-electron chi connectivity index (χ4n) is 5.29. The van der Waals surface area contributed by atoms with Crippen molar-refractivity contribution in [2.24, 2.45) is 0 Å². The van der Waals surface area contributed by atoms with E-state index >= 15 is 0 Å². The maximum atomic E-state index is 14.5. The van der Waals surface area contributed by atoms with Crippen molar-refractivity contribution in [3.63, 3.8) is 0 Å². The molecule has 4 nitrogen and oxygen atoms in total. The Labute approximate surface area is 201 Å². The maximum absolute atomic E-state index is 14.5. The number of benzene rings is 3. The Morgan fingerprint density at radius 3 is 2.88 bits per heavy atom. The van der Waals surface area contributed by atoms with Crippen LogP contribution >= 0.6 is 11.6 Å². The van der Waals surface area contributed by atoms with E-state index in [1.165, 1.54) is 29.9 Å². The van der Waals surface area contributed by atoms with Gasteiger partial charge in [-0.05, 0) is 53.5 Å². The molecule has 1 heterocycles. The summed E-state index contributed by atoms with van der Waals surface area (Å²) in [5, 5.41) is 4.16. The number of hydrogen-bond acceptors (Lipinski definition) is 3. The van der Waals surface area contributed by atoms with E-state index in [0.717, 1.165) is 23.0 Å². The molecule has 0 aliphatic heterocycles. The molecule has 2 bridgehead atoms. The largest absolute Gasteiger partial charge is 0.494 e. The zero-order valence-electron chi connectivity index (χ0n) is 18.4. The maximum Gasteiger partial charge on any atom is 0.251 e. The van der Waals surface area contributed by atoms with Gasteiger partial charge in [0.1, 0.15) is 5.58 Å². The van der Waals surface area contributed by atoms with Gasteiger partial charge in [0.25, 0.3) is 5.91 Å². The number of para-hydroxylation sites is 1. The molecule has 170 valence electrons. The first kappa shape index (κ1) is 21.0. The van der Waals surface area contributed by atoms with Gasteiger partial charge in [-0.15, -0.1) is 0 Å². The van der Waals surface area contributed by atoms with Crippen molar-refractivity contribution in [2.45, 2.75) is 24.8 Å². The monoisotopic (exact) mass is 473 g/mol. The third-order valence-electron chi connectivity index (χ3n) is 6.96. The lowest BCUT2D eigenvalue weighted by atomic mass is 9.86. The molecular formula is C28H21ClFNO3. The van der Waals surface area contributed by atoms with Gasteiger partial charge < -0.3 is 14.5 Å². The highest BCUT2D eigenvalue weighted by Crippen LogP contribution is 2.56. The average molecular weight is 474 g/mol. The van der Waals surface area contributed by atoms with Crippen LogP contribution in [0.15, 0.2) is 71.4 Å². The second-order valence-electron chi connectivity index (χ2n) is 8.73. The van der Waals surface area contributed by atoms with Gasteiger partial charge in [0.15, 0.2) is 11.6 Å². The van der Waals surface area contributed by atoms with Gasteiger partial charge in [0.2, 0.25) is 0 Å². The molecule has 1 N–H and O–H groups in total. The van der Waals surface area contributed by atoms with Crippen molar-refractivity contribution < 1.29 is 18.3 Å². The molecule has 6 heteroatoms. The minimum absolute atomic E-state index is 0.0263. The lowest BCUT2D eigenvalue weighted by molar-refractivity contribution is 0.0950. The zero-order chi connectivity index (χ0) is 23.4. The van der Waals surface area contributed by atoms with E-state index < -0.39 is 5.82 Å². The molecule has 1 amide bonds. The van der Waals surface area contributed by atoms with E-state index in [1.807, 2.05) is 42.7 Å². The van der Waals surface area contributed by atoms with Gasteiger partial charge in [-0.3, -0.25) is 4.79 Å². The number of methoxy groups -OCH3 is 1. The third kappa shape index (κ3) is 3.23. The number of amides is 1. The van der Waals surface area contributed by atoms with Crippen molar-refractivity contribution in [3.05, 3.63) is 106 Å². The normalized spacial score (nSPS) is 18.1. The summed E-state index contributed by atoms with van der Waals surface area (Å²) >= 11 is 6.14. The highest BCUT2D eigenvalue weighted by molar-refractivity contribution is 6.31. The predicted molar refractivity (Wildman–Crippen MR) is 130 cm³/mol. The summed E-state index contributed by atoms with van der Waals surface area (Å²) in [5.41, 5.74) is 6.52. The minimum Gasteiger partial charge on any atom is -0.494 e. The molecule has 0 saturated carbocycles. The number of rotatable bonds is 5. The first-order valence-corrected chi connectivity index (χ1v) is 11.5. The van der Waals surface area contributed by atoms with Crippen LogP contribution in [0, 0.1) is 5.82 Å². The van der Waals surface area contributed by atoms with Crippen LogP contribution in [0.3, 0.4) is 0 Å². The van der Waals surface area contributed by atoms with Crippen LogP contribution < -0.4 is 10.1 Å². The van der Waals surface area contributed by atoms with Crippen LogP contribution in [0.25, 0.3) is 16.5 Å². The number of carbonyl (C=O) groups is 1. The Morgan fingerprint density at radius 1 is 1.18 bits per heavy atom. The van der Waals surface area contributed by atoms with Crippen molar-refractivity contribution in [3.8, 4) is 5.75 Å². The van der Waals surface area contributed by atoms with Crippen LogP contribution in [0.1, 0.15) is 50.9 Å². The van der Waals surface area contributed by atoms with Crippen LogP contribution in [0.4, 0.5) is 4.39 Å². The molecule has 2 atom stereocenters. The van der Waals surface area contributed by atoms with Gasteiger partial charge in [-0.2, -0.15) is 0 Å². The number of furan rings is 1. The van der Waals surface area contributed by atoms with Crippen LogP contribution in [-0.4, -0.2) is 13.0 Å². The van der Waals surface area contributed by atoms with Gasteiger partial charge in [-0.25, -0.2) is 4.39 Å². The molecule has 0 spiro atoms. The van der Waals surface area contributed by atoms with Gasteiger partial charge in [-0.1, -0.05) is 41.9 Å². The van der Waals surface area contributed by atoms with E-state index in [2.05, 4.69) is 17.5 Å². The molecule has 0 radical (unpaired) electrons. The Morgan fingerprint density at radius 2 is 2.03 bits per heavy atom. The predicted octanol–water partition coefficient (Wildman–Crippen LogP) is 6.83. The molecule has 2 aliphatic rings. The Balaban J connectivity index is 1.23. The molecule has 1 aromatic heterocycles. The number of halogens is 2. The number of ether oxygens (including phenoxy) is 1. The summed E-state index contributed by atoms with van der Waals surface area (Å²) in [6.45, 7) is -0.0263.